The van der Waals surface area contributed by atoms with Gasteiger partial charge in [-0.05, 0) is 57.5 Å². The van der Waals surface area contributed by atoms with Crippen LogP contribution in [0.1, 0.15) is 86.0 Å². The van der Waals surface area contributed by atoms with Crippen molar-refractivity contribution in [2.24, 2.45) is 17.1 Å². The molecule has 2 unspecified atom stereocenters. The van der Waals surface area contributed by atoms with Crippen molar-refractivity contribution in [3.63, 3.8) is 0 Å². The Bertz CT molecular complexity index is 236. The molecule has 2 aliphatic rings. The maximum Gasteiger partial charge on any atom is 0.00921 e. The van der Waals surface area contributed by atoms with Crippen LogP contribution in [0, 0.1) is 11.3 Å². The van der Waals surface area contributed by atoms with Gasteiger partial charge < -0.3 is 10.6 Å². The largest absolute Gasteiger partial charge is 0.328 e. The van der Waals surface area contributed by atoms with Crippen molar-refractivity contribution in [1.29, 1.82) is 0 Å². The highest BCUT2D eigenvalue weighted by molar-refractivity contribution is 4.86. The van der Waals surface area contributed by atoms with E-state index in [1.807, 2.05) is 13.8 Å². The van der Waals surface area contributed by atoms with Crippen LogP contribution in [0.25, 0.3) is 0 Å². The smallest absolute Gasteiger partial charge is 0.00921 e. The molecular formula is C19H42N2. The summed E-state index contributed by atoms with van der Waals surface area (Å²) in [5, 5.41) is 0. The first kappa shape index (κ1) is 20.9. The van der Waals surface area contributed by atoms with E-state index in [-0.39, 0.29) is 0 Å². The van der Waals surface area contributed by atoms with Gasteiger partial charge in [0.15, 0.2) is 0 Å². The Morgan fingerprint density at radius 2 is 1.38 bits per heavy atom. The maximum atomic E-state index is 5.63. The second-order valence-corrected chi connectivity index (χ2v) is 7.89. The normalized spacial score (nSPS) is 26.7. The minimum Gasteiger partial charge on any atom is -0.328 e. The zero-order chi connectivity index (χ0) is 16.5. The Morgan fingerprint density at radius 3 is 1.62 bits per heavy atom. The van der Waals surface area contributed by atoms with Crippen LogP contribution in [-0.2, 0) is 0 Å². The first-order valence-corrected chi connectivity index (χ1v) is 9.22. The van der Waals surface area contributed by atoms with Crippen molar-refractivity contribution in [3.05, 3.63) is 0 Å². The molecule has 2 fully saturated rings. The van der Waals surface area contributed by atoms with Crippen LogP contribution in [0.5, 0.6) is 0 Å². The Labute approximate surface area is 134 Å². The molecular weight excluding hydrogens is 256 g/mol. The Hall–Kier alpha value is -0.0800. The van der Waals surface area contributed by atoms with Crippen LogP contribution in [0.4, 0.5) is 0 Å². The van der Waals surface area contributed by atoms with Gasteiger partial charge in [0.25, 0.3) is 0 Å². The van der Waals surface area contributed by atoms with Gasteiger partial charge in [-0.2, -0.15) is 0 Å². The molecule has 0 amide bonds. The van der Waals surface area contributed by atoms with E-state index in [0.717, 1.165) is 12.0 Å². The number of rotatable bonds is 1. The van der Waals surface area contributed by atoms with Gasteiger partial charge in [0.1, 0.15) is 0 Å². The molecule has 2 saturated carbocycles. The van der Waals surface area contributed by atoms with Crippen molar-refractivity contribution in [1.82, 2.24) is 4.90 Å². The summed E-state index contributed by atoms with van der Waals surface area (Å²) in [6.07, 6.45) is 10.9. The molecule has 2 aliphatic carbocycles. The van der Waals surface area contributed by atoms with E-state index in [1.165, 1.54) is 51.4 Å². The summed E-state index contributed by atoms with van der Waals surface area (Å²) in [7, 11) is 4.41. The molecule has 0 spiro atoms. The van der Waals surface area contributed by atoms with Crippen molar-refractivity contribution < 1.29 is 0 Å². The van der Waals surface area contributed by atoms with Crippen molar-refractivity contribution >= 4 is 0 Å². The lowest BCUT2D eigenvalue weighted by Crippen LogP contribution is -2.26. The minimum absolute atomic E-state index is 0.519. The van der Waals surface area contributed by atoms with Gasteiger partial charge in [0.2, 0.25) is 0 Å². The maximum absolute atomic E-state index is 5.63. The molecule has 2 nitrogen and oxygen atoms in total. The second kappa shape index (κ2) is 10.6. The van der Waals surface area contributed by atoms with Gasteiger partial charge in [-0.15, -0.1) is 0 Å². The third-order valence-corrected chi connectivity index (χ3v) is 5.01. The third kappa shape index (κ3) is 8.83. The van der Waals surface area contributed by atoms with Gasteiger partial charge in [-0.1, -0.05) is 53.9 Å². The lowest BCUT2D eigenvalue weighted by atomic mass is 9.80. The van der Waals surface area contributed by atoms with Gasteiger partial charge in [-0.3, -0.25) is 0 Å². The Morgan fingerprint density at radius 1 is 0.857 bits per heavy atom. The summed E-state index contributed by atoms with van der Waals surface area (Å²) in [4.78, 5) is 2.38. The minimum atomic E-state index is 0.519. The molecule has 0 saturated heterocycles. The van der Waals surface area contributed by atoms with E-state index in [0.29, 0.717) is 11.5 Å². The summed E-state index contributed by atoms with van der Waals surface area (Å²) in [5.41, 5.74) is 6.15. The van der Waals surface area contributed by atoms with Gasteiger partial charge in [0.05, 0.1) is 0 Å². The molecule has 21 heavy (non-hydrogen) atoms. The van der Waals surface area contributed by atoms with Crippen molar-refractivity contribution in [3.8, 4) is 0 Å². The highest BCUT2D eigenvalue weighted by Gasteiger charge is 2.33. The summed E-state index contributed by atoms with van der Waals surface area (Å²) < 4.78 is 0. The molecule has 2 atom stereocenters. The first-order chi connectivity index (χ1) is 9.80. The lowest BCUT2D eigenvalue weighted by molar-refractivity contribution is 0.221. The van der Waals surface area contributed by atoms with E-state index in [2.05, 4.69) is 39.8 Å². The molecule has 0 heterocycles. The van der Waals surface area contributed by atoms with Crippen LogP contribution < -0.4 is 5.73 Å². The van der Waals surface area contributed by atoms with Crippen LogP contribution in [0.2, 0.25) is 0 Å². The van der Waals surface area contributed by atoms with Crippen LogP contribution in [0.3, 0.4) is 0 Å². The molecule has 0 aromatic carbocycles. The Balaban J connectivity index is 0.000000377. The highest BCUT2D eigenvalue weighted by atomic mass is 15.1. The summed E-state index contributed by atoms with van der Waals surface area (Å²) in [6, 6.07) is 1.38. The van der Waals surface area contributed by atoms with Crippen molar-refractivity contribution in [2.45, 2.75) is 98.1 Å². The predicted molar refractivity (Wildman–Crippen MR) is 96.7 cm³/mol. The standard InChI is InChI=1S/C11H23N.C6H13N.C2H6/c1-11(2,3)9-6-7-10(8-9)12(4)5;7-6-4-2-1-3-5-6;1-2/h9-10H,6-8H2,1-5H3;6H,1-5,7H2;1-2H3. The third-order valence-electron chi connectivity index (χ3n) is 5.01. The number of hydrogen-bond acceptors (Lipinski definition) is 2. The topological polar surface area (TPSA) is 29.3 Å². The van der Waals surface area contributed by atoms with E-state index in [4.69, 9.17) is 5.73 Å². The number of nitrogens with two attached hydrogens (primary N) is 1. The van der Waals surface area contributed by atoms with E-state index in [1.54, 1.807) is 0 Å². The quantitative estimate of drug-likeness (QED) is 0.732. The fourth-order valence-electron chi connectivity index (χ4n) is 3.35. The van der Waals surface area contributed by atoms with Crippen LogP contribution in [-0.4, -0.2) is 31.1 Å². The molecule has 2 rings (SSSR count). The summed E-state index contributed by atoms with van der Waals surface area (Å²) in [6.45, 7) is 11.1. The summed E-state index contributed by atoms with van der Waals surface area (Å²) in [5.74, 6) is 0.935. The lowest BCUT2D eigenvalue weighted by Gasteiger charge is -2.27. The molecule has 2 heteroatoms. The zero-order valence-corrected chi connectivity index (χ0v) is 15.9. The monoisotopic (exact) mass is 298 g/mol. The fourth-order valence-corrected chi connectivity index (χ4v) is 3.35. The van der Waals surface area contributed by atoms with Gasteiger partial charge >= 0.3 is 0 Å². The van der Waals surface area contributed by atoms with E-state index in [9.17, 15) is 0 Å². The molecule has 128 valence electrons. The zero-order valence-electron chi connectivity index (χ0n) is 15.9. The van der Waals surface area contributed by atoms with Crippen LogP contribution >= 0.6 is 0 Å². The van der Waals surface area contributed by atoms with Gasteiger partial charge in [-0.25, -0.2) is 0 Å². The molecule has 2 N–H and O–H groups in total. The summed E-state index contributed by atoms with van der Waals surface area (Å²) >= 11 is 0. The average Bonchev–Trinajstić information content (AvgIpc) is 2.92. The van der Waals surface area contributed by atoms with E-state index >= 15 is 0 Å². The number of nitrogens with zero attached hydrogens (tertiary/aromatic N) is 1. The van der Waals surface area contributed by atoms with E-state index < -0.39 is 0 Å². The Kier molecular flexibility index (Phi) is 10.6. The highest BCUT2D eigenvalue weighted by Crippen LogP contribution is 2.40. The molecule has 0 aromatic heterocycles. The molecule has 0 aliphatic heterocycles. The van der Waals surface area contributed by atoms with Gasteiger partial charge in [0, 0.05) is 12.1 Å². The SMILES string of the molecule is CC.CN(C)C1CCC(C(C)(C)C)C1.NC1CCCCC1. The molecule has 0 aromatic rings. The average molecular weight is 299 g/mol. The molecule has 0 radical (unpaired) electrons. The second-order valence-electron chi connectivity index (χ2n) is 7.89. The molecule has 0 bridgehead atoms. The predicted octanol–water partition coefficient (Wildman–Crippen LogP) is 5.07. The van der Waals surface area contributed by atoms with Crippen molar-refractivity contribution in [2.75, 3.05) is 14.1 Å². The van der Waals surface area contributed by atoms with Crippen LogP contribution in [0.15, 0.2) is 0 Å². The first-order valence-electron chi connectivity index (χ1n) is 9.22. The fraction of sp³-hybridized carbons (Fsp3) is 1.00. The number of hydrogen-bond donors (Lipinski definition) is 1.